The van der Waals surface area contributed by atoms with Crippen LogP contribution in [0.25, 0.3) is 0 Å². The van der Waals surface area contributed by atoms with Gasteiger partial charge in [-0.15, -0.1) is 0 Å². The fourth-order valence-corrected chi connectivity index (χ4v) is 2.32. The van der Waals surface area contributed by atoms with Gasteiger partial charge in [0.2, 0.25) is 0 Å². The van der Waals surface area contributed by atoms with Gasteiger partial charge in [-0.1, -0.05) is 23.7 Å². The Labute approximate surface area is 126 Å². The molecule has 0 radical (unpaired) electrons. The van der Waals surface area contributed by atoms with Crippen molar-refractivity contribution in [1.82, 2.24) is 0 Å². The van der Waals surface area contributed by atoms with Gasteiger partial charge >= 0.3 is 6.18 Å². The Hall–Kier alpha value is -1.68. The van der Waals surface area contributed by atoms with Crippen LogP contribution in [0.4, 0.5) is 18.9 Å². The molecule has 1 nitrogen and oxygen atoms in total. The van der Waals surface area contributed by atoms with Crippen molar-refractivity contribution in [2.75, 3.05) is 5.32 Å². The lowest BCUT2D eigenvalue weighted by Gasteiger charge is -2.19. The lowest BCUT2D eigenvalue weighted by Crippen LogP contribution is -2.10. The first kappa shape index (κ1) is 15.7. The molecule has 0 bridgehead atoms. The van der Waals surface area contributed by atoms with Gasteiger partial charge in [0.05, 0.1) is 5.56 Å². The molecule has 21 heavy (non-hydrogen) atoms. The van der Waals surface area contributed by atoms with Gasteiger partial charge in [0.1, 0.15) is 0 Å². The van der Waals surface area contributed by atoms with Gasteiger partial charge in [0.25, 0.3) is 0 Å². The van der Waals surface area contributed by atoms with Crippen LogP contribution in [0.3, 0.4) is 0 Å². The van der Waals surface area contributed by atoms with Crippen molar-refractivity contribution in [3.63, 3.8) is 0 Å². The highest BCUT2D eigenvalue weighted by atomic mass is 35.5. The third-order valence-electron chi connectivity index (χ3n) is 3.27. The summed E-state index contributed by atoms with van der Waals surface area (Å²) in [5.74, 6) is 0. The SMILES string of the molecule is Cc1cc(Cl)ccc1NC(C)c1cccc(C(F)(F)F)c1. The van der Waals surface area contributed by atoms with Crippen molar-refractivity contribution in [1.29, 1.82) is 0 Å². The number of alkyl halides is 3. The standard InChI is InChI=1S/C16H15ClF3N/c1-10-8-14(17)6-7-15(10)21-11(2)12-4-3-5-13(9-12)16(18,19)20/h3-9,11,21H,1-2H3. The van der Waals surface area contributed by atoms with Crippen LogP contribution in [-0.2, 0) is 6.18 Å². The smallest absolute Gasteiger partial charge is 0.378 e. The van der Waals surface area contributed by atoms with E-state index in [0.29, 0.717) is 10.6 Å². The lowest BCUT2D eigenvalue weighted by atomic mass is 10.0. The van der Waals surface area contributed by atoms with Crippen molar-refractivity contribution in [2.45, 2.75) is 26.1 Å². The van der Waals surface area contributed by atoms with Gasteiger partial charge in [-0.3, -0.25) is 0 Å². The monoisotopic (exact) mass is 313 g/mol. The molecule has 0 aliphatic rings. The molecular weight excluding hydrogens is 299 g/mol. The molecule has 1 unspecified atom stereocenters. The number of benzene rings is 2. The number of rotatable bonds is 3. The summed E-state index contributed by atoms with van der Waals surface area (Å²) in [4.78, 5) is 0. The molecule has 0 aromatic heterocycles. The molecule has 2 aromatic rings. The fourth-order valence-electron chi connectivity index (χ4n) is 2.09. The number of halogens is 4. The third kappa shape index (κ3) is 3.91. The lowest BCUT2D eigenvalue weighted by molar-refractivity contribution is -0.137. The zero-order valence-corrected chi connectivity index (χ0v) is 12.4. The second kappa shape index (κ2) is 5.98. The Morgan fingerprint density at radius 3 is 2.43 bits per heavy atom. The molecule has 0 aliphatic heterocycles. The molecule has 0 saturated heterocycles. The maximum Gasteiger partial charge on any atom is 0.416 e. The summed E-state index contributed by atoms with van der Waals surface area (Å²) < 4.78 is 38.2. The van der Waals surface area contributed by atoms with Gasteiger partial charge < -0.3 is 5.32 Å². The Morgan fingerprint density at radius 1 is 1.10 bits per heavy atom. The van der Waals surface area contributed by atoms with E-state index in [2.05, 4.69) is 5.32 Å². The normalized spacial score (nSPS) is 13.0. The van der Waals surface area contributed by atoms with E-state index in [-0.39, 0.29) is 6.04 Å². The van der Waals surface area contributed by atoms with E-state index in [0.717, 1.165) is 17.3 Å². The minimum Gasteiger partial charge on any atom is -0.378 e. The topological polar surface area (TPSA) is 12.0 Å². The molecule has 2 aromatic carbocycles. The predicted molar refractivity (Wildman–Crippen MR) is 79.7 cm³/mol. The Balaban J connectivity index is 2.22. The highest BCUT2D eigenvalue weighted by Crippen LogP contribution is 2.31. The number of aryl methyl sites for hydroxylation is 1. The second-order valence-corrected chi connectivity index (χ2v) is 5.38. The van der Waals surface area contributed by atoms with Crippen LogP contribution in [0.2, 0.25) is 5.02 Å². The fraction of sp³-hybridized carbons (Fsp3) is 0.250. The highest BCUT2D eigenvalue weighted by molar-refractivity contribution is 6.30. The first-order valence-corrected chi connectivity index (χ1v) is 6.85. The van der Waals surface area contributed by atoms with Crippen molar-refractivity contribution in [3.8, 4) is 0 Å². The second-order valence-electron chi connectivity index (χ2n) is 4.95. The van der Waals surface area contributed by atoms with Gasteiger partial charge in [-0.2, -0.15) is 13.2 Å². The van der Waals surface area contributed by atoms with Crippen LogP contribution in [0.15, 0.2) is 42.5 Å². The number of anilines is 1. The minimum atomic E-state index is -4.33. The van der Waals surface area contributed by atoms with Gasteiger partial charge in [0.15, 0.2) is 0 Å². The van der Waals surface area contributed by atoms with Crippen LogP contribution in [0, 0.1) is 6.92 Å². The van der Waals surface area contributed by atoms with Gasteiger partial charge in [-0.05, 0) is 55.3 Å². The molecular formula is C16H15ClF3N. The molecule has 0 aliphatic carbocycles. The molecule has 112 valence electrons. The maximum absolute atomic E-state index is 12.7. The molecule has 0 heterocycles. The quantitative estimate of drug-likeness (QED) is 0.750. The zero-order valence-electron chi connectivity index (χ0n) is 11.6. The van der Waals surface area contributed by atoms with Gasteiger partial charge in [-0.25, -0.2) is 0 Å². The molecule has 5 heteroatoms. The van der Waals surface area contributed by atoms with Crippen LogP contribution < -0.4 is 5.32 Å². The average molecular weight is 314 g/mol. The first-order chi connectivity index (χ1) is 9.77. The number of nitrogens with one attached hydrogen (secondary N) is 1. The van der Waals surface area contributed by atoms with Crippen molar-refractivity contribution < 1.29 is 13.2 Å². The van der Waals surface area contributed by atoms with E-state index in [4.69, 9.17) is 11.6 Å². The maximum atomic E-state index is 12.7. The first-order valence-electron chi connectivity index (χ1n) is 6.47. The number of hydrogen-bond donors (Lipinski definition) is 1. The third-order valence-corrected chi connectivity index (χ3v) is 3.51. The Bertz CT molecular complexity index is 638. The summed E-state index contributed by atoms with van der Waals surface area (Å²) in [6.07, 6.45) is -4.33. The van der Waals surface area contributed by atoms with Crippen LogP contribution >= 0.6 is 11.6 Å². The minimum absolute atomic E-state index is 0.243. The molecule has 1 atom stereocenters. The summed E-state index contributed by atoms with van der Waals surface area (Å²) >= 11 is 5.89. The van der Waals surface area contributed by atoms with Crippen molar-refractivity contribution in [3.05, 3.63) is 64.2 Å². The van der Waals surface area contributed by atoms with E-state index in [9.17, 15) is 13.2 Å². The molecule has 1 N–H and O–H groups in total. The van der Waals surface area contributed by atoms with Crippen LogP contribution in [0.5, 0.6) is 0 Å². The van der Waals surface area contributed by atoms with E-state index in [1.165, 1.54) is 12.1 Å². The molecule has 0 saturated carbocycles. The Kier molecular flexibility index (Phi) is 4.47. The summed E-state index contributed by atoms with van der Waals surface area (Å²) in [6, 6.07) is 10.5. The average Bonchev–Trinajstić information content (AvgIpc) is 2.41. The van der Waals surface area contributed by atoms with Crippen molar-refractivity contribution in [2.24, 2.45) is 0 Å². The summed E-state index contributed by atoms with van der Waals surface area (Å²) in [7, 11) is 0. The van der Waals surface area contributed by atoms with E-state index in [1.807, 2.05) is 26.0 Å². The Morgan fingerprint density at radius 2 is 1.81 bits per heavy atom. The van der Waals surface area contributed by atoms with E-state index in [1.54, 1.807) is 12.1 Å². The predicted octanol–water partition coefficient (Wildman–Crippen LogP) is 5.84. The van der Waals surface area contributed by atoms with E-state index >= 15 is 0 Å². The molecule has 0 amide bonds. The van der Waals surface area contributed by atoms with Gasteiger partial charge in [0, 0.05) is 16.8 Å². The van der Waals surface area contributed by atoms with Crippen LogP contribution in [-0.4, -0.2) is 0 Å². The summed E-state index contributed by atoms with van der Waals surface area (Å²) in [5.41, 5.74) is 1.74. The van der Waals surface area contributed by atoms with E-state index < -0.39 is 11.7 Å². The highest BCUT2D eigenvalue weighted by Gasteiger charge is 2.30. The van der Waals surface area contributed by atoms with Crippen LogP contribution in [0.1, 0.15) is 29.7 Å². The molecule has 0 spiro atoms. The van der Waals surface area contributed by atoms with Crippen molar-refractivity contribution >= 4 is 17.3 Å². The molecule has 0 fully saturated rings. The summed E-state index contributed by atoms with van der Waals surface area (Å²) in [5, 5.41) is 3.84. The largest absolute Gasteiger partial charge is 0.416 e. The molecule has 2 rings (SSSR count). The zero-order chi connectivity index (χ0) is 15.6. The summed E-state index contributed by atoms with van der Waals surface area (Å²) in [6.45, 7) is 3.72. The number of hydrogen-bond acceptors (Lipinski definition) is 1.